The third kappa shape index (κ3) is 2.71. The van der Waals surface area contributed by atoms with Crippen LogP contribution >= 0.6 is 11.3 Å². The van der Waals surface area contributed by atoms with Crippen molar-refractivity contribution >= 4 is 29.0 Å². The molecular formula is C15H12N2O4S. The normalized spacial score (nSPS) is 17.7. The Morgan fingerprint density at radius 1 is 1.18 bits per heavy atom. The molecule has 0 saturated carbocycles. The molecule has 1 aliphatic rings. The van der Waals surface area contributed by atoms with Gasteiger partial charge in [-0.15, -0.1) is 0 Å². The predicted molar refractivity (Wildman–Crippen MR) is 81.4 cm³/mol. The van der Waals surface area contributed by atoms with Gasteiger partial charge in [-0.1, -0.05) is 12.1 Å². The summed E-state index contributed by atoms with van der Waals surface area (Å²) in [5.74, 6) is -0.192. The van der Waals surface area contributed by atoms with E-state index in [1.807, 2.05) is 5.38 Å². The van der Waals surface area contributed by atoms with E-state index in [9.17, 15) is 9.59 Å². The maximum absolute atomic E-state index is 12.1. The van der Waals surface area contributed by atoms with Crippen molar-refractivity contribution in [2.24, 2.45) is 4.99 Å². The number of carbonyl (C=O) groups is 2. The average Bonchev–Trinajstić information content (AvgIpc) is 3.05. The van der Waals surface area contributed by atoms with Gasteiger partial charge in [-0.2, -0.15) is 16.3 Å². The molecule has 0 bridgehead atoms. The molecule has 7 heteroatoms. The molecule has 22 heavy (non-hydrogen) atoms. The number of rotatable bonds is 4. The fourth-order valence-electron chi connectivity index (χ4n) is 1.97. The second-order valence-corrected chi connectivity index (χ2v) is 5.23. The minimum Gasteiger partial charge on any atom is -0.493 e. The number of aliphatic imine (C=N–C) groups is 1. The first-order chi connectivity index (χ1) is 10.7. The molecule has 2 amide bonds. The van der Waals surface area contributed by atoms with Crippen LogP contribution in [0.1, 0.15) is 5.56 Å². The van der Waals surface area contributed by atoms with Crippen molar-refractivity contribution in [1.82, 2.24) is 5.32 Å². The van der Waals surface area contributed by atoms with Gasteiger partial charge in [0, 0.05) is 10.9 Å². The van der Waals surface area contributed by atoms with Crippen molar-refractivity contribution in [1.29, 1.82) is 0 Å². The number of hydrogen-bond acceptors (Lipinski definition) is 5. The molecular weight excluding hydrogens is 304 g/mol. The van der Waals surface area contributed by atoms with Crippen LogP contribution in [0.15, 0.2) is 46.1 Å². The highest BCUT2D eigenvalue weighted by Crippen LogP contribution is 2.27. The van der Waals surface area contributed by atoms with E-state index in [0.29, 0.717) is 17.1 Å². The lowest BCUT2D eigenvalue weighted by Crippen LogP contribution is -2.50. The quantitative estimate of drug-likeness (QED) is 0.869. The van der Waals surface area contributed by atoms with Gasteiger partial charge >= 0.3 is 0 Å². The fourth-order valence-corrected chi connectivity index (χ4v) is 2.61. The van der Waals surface area contributed by atoms with Gasteiger partial charge in [0.2, 0.25) is 0 Å². The predicted octanol–water partition coefficient (Wildman–Crippen LogP) is 1.61. The van der Waals surface area contributed by atoms with Crippen LogP contribution in [0.4, 0.5) is 0 Å². The number of thiophene rings is 1. The number of nitrogens with zero attached hydrogens (tertiary/aromatic N) is 1. The Bertz CT molecular complexity index is 740. The molecule has 6 nitrogen and oxygen atoms in total. The summed E-state index contributed by atoms with van der Waals surface area (Å²) >= 11 is 1.45. The lowest BCUT2D eigenvalue weighted by molar-refractivity contribution is -0.137. The molecule has 1 aromatic carbocycles. The molecule has 1 aliphatic heterocycles. The van der Waals surface area contributed by atoms with E-state index < -0.39 is 17.9 Å². The van der Waals surface area contributed by atoms with Crippen molar-refractivity contribution in [3.63, 3.8) is 0 Å². The first-order valence-electron chi connectivity index (χ1n) is 6.44. The Labute approximate surface area is 130 Å². The lowest BCUT2D eigenvalue weighted by Gasteiger charge is -2.21. The monoisotopic (exact) mass is 316 g/mol. The number of amides is 2. The summed E-state index contributed by atoms with van der Waals surface area (Å²) in [7, 11) is 1.48. The zero-order valence-electron chi connectivity index (χ0n) is 11.6. The summed E-state index contributed by atoms with van der Waals surface area (Å²) in [4.78, 5) is 28.1. The molecule has 1 aromatic heterocycles. The topological polar surface area (TPSA) is 77.0 Å². The number of benzene rings is 1. The average molecular weight is 316 g/mol. The van der Waals surface area contributed by atoms with Gasteiger partial charge < -0.3 is 14.8 Å². The molecule has 2 aromatic rings. The van der Waals surface area contributed by atoms with Gasteiger partial charge in [0.15, 0.2) is 11.5 Å². The van der Waals surface area contributed by atoms with Crippen LogP contribution in [0.25, 0.3) is 0 Å². The summed E-state index contributed by atoms with van der Waals surface area (Å²) in [6.07, 6.45) is -1.32. The van der Waals surface area contributed by atoms with Gasteiger partial charge in [0.1, 0.15) is 5.84 Å². The van der Waals surface area contributed by atoms with Crippen LogP contribution < -0.4 is 14.8 Å². The highest BCUT2D eigenvalue weighted by Gasteiger charge is 2.35. The smallest absolute Gasteiger partial charge is 0.298 e. The van der Waals surface area contributed by atoms with Crippen molar-refractivity contribution in [3.8, 4) is 11.5 Å². The molecule has 0 radical (unpaired) electrons. The Morgan fingerprint density at radius 2 is 1.95 bits per heavy atom. The van der Waals surface area contributed by atoms with E-state index in [1.54, 1.807) is 35.7 Å². The molecule has 0 aliphatic carbocycles. The lowest BCUT2D eigenvalue weighted by atomic mass is 10.2. The second-order valence-electron chi connectivity index (χ2n) is 4.45. The summed E-state index contributed by atoms with van der Waals surface area (Å²) < 4.78 is 10.6. The van der Waals surface area contributed by atoms with E-state index in [1.165, 1.54) is 18.4 Å². The zero-order chi connectivity index (χ0) is 15.5. The molecule has 1 N–H and O–H groups in total. The van der Waals surface area contributed by atoms with Crippen LogP contribution in [0.3, 0.4) is 0 Å². The molecule has 3 rings (SSSR count). The highest BCUT2D eigenvalue weighted by atomic mass is 32.1. The molecule has 0 saturated heterocycles. The first kappa shape index (κ1) is 14.3. The Balaban J connectivity index is 1.84. The summed E-state index contributed by atoms with van der Waals surface area (Å²) in [5, 5.41) is 6.23. The van der Waals surface area contributed by atoms with E-state index >= 15 is 0 Å². The largest absolute Gasteiger partial charge is 0.493 e. The number of methoxy groups -OCH3 is 1. The van der Waals surface area contributed by atoms with Crippen LogP contribution in [0.2, 0.25) is 0 Å². The Morgan fingerprint density at radius 3 is 2.59 bits per heavy atom. The number of nitrogens with one attached hydrogen (secondary N) is 1. The van der Waals surface area contributed by atoms with Crippen molar-refractivity contribution in [3.05, 3.63) is 46.7 Å². The third-order valence-electron chi connectivity index (χ3n) is 3.03. The first-order valence-corrected chi connectivity index (χ1v) is 7.39. The summed E-state index contributed by atoms with van der Waals surface area (Å²) in [6, 6.07) is 8.57. The maximum Gasteiger partial charge on any atom is 0.298 e. The van der Waals surface area contributed by atoms with E-state index in [0.717, 1.165) is 0 Å². The van der Waals surface area contributed by atoms with Crippen molar-refractivity contribution < 1.29 is 19.1 Å². The van der Waals surface area contributed by atoms with Crippen molar-refractivity contribution in [2.45, 2.75) is 6.10 Å². The molecule has 1 atom stereocenters. The van der Waals surface area contributed by atoms with Gasteiger partial charge in [0.25, 0.3) is 17.9 Å². The summed E-state index contributed by atoms with van der Waals surface area (Å²) in [6.45, 7) is 0. The molecule has 112 valence electrons. The second kappa shape index (κ2) is 5.98. The summed E-state index contributed by atoms with van der Waals surface area (Å²) in [5.41, 5.74) is 0.697. The number of ether oxygens (including phenoxy) is 2. The van der Waals surface area contributed by atoms with E-state index in [2.05, 4.69) is 10.3 Å². The van der Waals surface area contributed by atoms with Gasteiger partial charge in [-0.05, 0) is 23.6 Å². The molecule has 0 spiro atoms. The van der Waals surface area contributed by atoms with E-state index in [-0.39, 0.29) is 5.84 Å². The van der Waals surface area contributed by atoms with Crippen LogP contribution in [0.5, 0.6) is 11.5 Å². The van der Waals surface area contributed by atoms with Gasteiger partial charge in [0.05, 0.1) is 7.11 Å². The minimum atomic E-state index is -1.32. The van der Waals surface area contributed by atoms with Crippen molar-refractivity contribution in [2.75, 3.05) is 7.11 Å². The van der Waals surface area contributed by atoms with Crippen LogP contribution in [-0.2, 0) is 9.59 Å². The Hall–Kier alpha value is -2.67. The SMILES string of the molecule is COc1ccccc1OC1C(=O)N=C(c2ccsc2)NC1=O. The minimum absolute atomic E-state index is 0.246. The Kier molecular flexibility index (Phi) is 3.88. The maximum atomic E-state index is 12.1. The van der Waals surface area contributed by atoms with E-state index in [4.69, 9.17) is 9.47 Å². The standard InChI is InChI=1S/C15H12N2O4S/c1-20-10-4-2-3-5-11(10)21-12-14(18)16-13(17-15(12)19)9-6-7-22-8-9/h2-8,12H,1H3,(H,16,17,18,19). The molecule has 2 heterocycles. The highest BCUT2D eigenvalue weighted by molar-refractivity contribution is 7.08. The molecule has 1 unspecified atom stereocenters. The van der Waals surface area contributed by atoms with Gasteiger partial charge in [-0.25, -0.2) is 0 Å². The van der Waals surface area contributed by atoms with Crippen LogP contribution in [-0.4, -0.2) is 30.9 Å². The zero-order valence-corrected chi connectivity index (χ0v) is 12.4. The van der Waals surface area contributed by atoms with Gasteiger partial charge in [-0.3, -0.25) is 9.59 Å². The number of amidine groups is 1. The van der Waals surface area contributed by atoms with Crippen LogP contribution in [0, 0.1) is 0 Å². The molecule has 0 fully saturated rings. The third-order valence-corrected chi connectivity index (χ3v) is 3.72. The number of carbonyl (C=O) groups excluding carboxylic acids is 2. The fraction of sp³-hybridized carbons (Fsp3) is 0.133. The number of hydrogen-bond donors (Lipinski definition) is 1. The number of para-hydroxylation sites is 2.